The highest BCUT2D eigenvalue weighted by Crippen LogP contribution is 1.94. The number of nitrogen functional groups attached to an aromatic ring is 2. The fraction of sp³-hybridized carbons (Fsp3) is 0. The van der Waals surface area contributed by atoms with Crippen LogP contribution >= 0.6 is 0 Å². The molecular formula is C6H8N6O2. The Balaban J connectivity index is 2.89. The molecule has 0 saturated carbocycles. The molecule has 0 radical (unpaired) electrons. The van der Waals surface area contributed by atoms with Gasteiger partial charge in [-0.1, -0.05) is 0 Å². The number of nitrogens with two attached hydrogens (primary N) is 2. The SMILES string of the molecule is NNC(=O)c1cnc(C(=O)NN)cn1. The van der Waals surface area contributed by atoms with E-state index in [4.69, 9.17) is 11.7 Å². The third-order valence-corrected chi connectivity index (χ3v) is 1.38. The van der Waals surface area contributed by atoms with Gasteiger partial charge in [0.05, 0.1) is 12.4 Å². The Kier molecular flexibility index (Phi) is 3.05. The van der Waals surface area contributed by atoms with Crippen molar-refractivity contribution in [1.82, 2.24) is 20.8 Å². The zero-order chi connectivity index (χ0) is 10.6. The van der Waals surface area contributed by atoms with Crippen LogP contribution in [0.3, 0.4) is 0 Å². The molecule has 0 aliphatic carbocycles. The highest BCUT2D eigenvalue weighted by Gasteiger charge is 2.09. The summed E-state index contributed by atoms with van der Waals surface area (Å²) in [5.41, 5.74) is 3.78. The predicted molar refractivity (Wildman–Crippen MR) is 45.3 cm³/mol. The Bertz CT molecular complexity index is 313. The maximum Gasteiger partial charge on any atom is 0.285 e. The second-order valence-electron chi connectivity index (χ2n) is 2.23. The largest absolute Gasteiger partial charge is 0.289 e. The van der Waals surface area contributed by atoms with Crippen molar-refractivity contribution in [3.05, 3.63) is 23.8 Å². The van der Waals surface area contributed by atoms with Gasteiger partial charge < -0.3 is 0 Å². The van der Waals surface area contributed by atoms with Crippen molar-refractivity contribution >= 4 is 11.8 Å². The Morgan fingerprint density at radius 1 is 1.00 bits per heavy atom. The monoisotopic (exact) mass is 196 g/mol. The van der Waals surface area contributed by atoms with E-state index in [1.165, 1.54) is 0 Å². The molecule has 1 aromatic heterocycles. The fourth-order valence-corrected chi connectivity index (χ4v) is 0.710. The van der Waals surface area contributed by atoms with Crippen molar-refractivity contribution < 1.29 is 9.59 Å². The van der Waals surface area contributed by atoms with Crippen LogP contribution in [0.2, 0.25) is 0 Å². The van der Waals surface area contributed by atoms with Crippen molar-refractivity contribution in [3.63, 3.8) is 0 Å². The number of aromatic nitrogens is 2. The van der Waals surface area contributed by atoms with Crippen LogP contribution in [0.25, 0.3) is 0 Å². The average molecular weight is 196 g/mol. The molecule has 14 heavy (non-hydrogen) atoms. The summed E-state index contributed by atoms with van der Waals surface area (Å²) in [5.74, 6) is 8.55. The summed E-state index contributed by atoms with van der Waals surface area (Å²) in [6.07, 6.45) is 2.24. The van der Waals surface area contributed by atoms with Crippen molar-refractivity contribution in [3.8, 4) is 0 Å². The first kappa shape index (κ1) is 10.0. The van der Waals surface area contributed by atoms with E-state index < -0.39 is 11.8 Å². The van der Waals surface area contributed by atoms with Gasteiger partial charge in [0.15, 0.2) is 0 Å². The number of hydrogen-bond acceptors (Lipinski definition) is 6. The minimum Gasteiger partial charge on any atom is -0.289 e. The molecule has 0 aromatic carbocycles. The first-order chi connectivity index (χ1) is 6.69. The van der Waals surface area contributed by atoms with E-state index >= 15 is 0 Å². The lowest BCUT2D eigenvalue weighted by Crippen LogP contribution is -2.32. The molecule has 8 nitrogen and oxygen atoms in total. The summed E-state index contributed by atoms with van der Waals surface area (Å²) in [7, 11) is 0. The first-order valence-electron chi connectivity index (χ1n) is 3.53. The molecule has 0 aliphatic rings. The van der Waals surface area contributed by atoms with Gasteiger partial charge in [-0.15, -0.1) is 0 Å². The number of rotatable bonds is 2. The van der Waals surface area contributed by atoms with Crippen molar-refractivity contribution in [2.45, 2.75) is 0 Å². The van der Waals surface area contributed by atoms with Gasteiger partial charge in [0.25, 0.3) is 11.8 Å². The lowest BCUT2D eigenvalue weighted by atomic mass is 10.4. The summed E-state index contributed by atoms with van der Waals surface area (Å²) in [6, 6.07) is 0. The topological polar surface area (TPSA) is 136 Å². The number of carbonyl (C=O) groups is 2. The van der Waals surface area contributed by atoms with Crippen LogP contribution in [0.15, 0.2) is 12.4 Å². The fourth-order valence-electron chi connectivity index (χ4n) is 0.710. The molecule has 0 fully saturated rings. The molecule has 0 spiro atoms. The summed E-state index contributed by atoms with van der Waals surface area (Å²) < 4.78 is 0. The zero-order valence-electron chi connectivity index (χ0n) is 7.02. The number of nitrogens with one attached hydrogen (secondary N) is 2. The molecule has 0 aliphatic heterocycles. The number of carbonyl (C=O) groups excluding carboxylic acids is 2. The van der Waals surface area contributed by atoms with Crippen LogP contribution < -0.4 is 22.5 Å². The number of nitrogens with zero attached hydrogens (tertiary/aromatic N) is 2. The lowest BCUT2D eigenvalue weighted by molar-refractivity contribution is 0.0934. The van der Waals surface area contributed by atoms with Gasteiger partial charge in [0.1, 0.15) is 11.4 Å². The Morgan fingerprint density at radius 2 is 1.36 bits per heavy atom. The van der Waals surface area contributed by atoms with E-state index in [1.54, 1.807) is 0 Å². The molecule has 0 bridgehead atoms. The van der Waals surface area contributed by atoms with Crippen molar-refractivity contribution in [1.29, 1.82) is 0 Å². The third-order valence-electron chi connectivity index (χ3n) is 1.38. The van der Waals surface area contributed by atoms with E-state index in [1.807, 2.05) is 10.9 Å². The van der Waals surface area contributed by atoms with Gasteiger partial charge >= 0.3 is 0 Å². The number of hydrogen-bond donors (Lipinski definition) is 4. The van der Waals surface area contributed by atoms with Crippen LogP contribution in [0, 0.1) is 0 Å². The zero-order valence-corrected chi connectivity index (χ0v) is 7.02. The molecule has 6 N–H and O–H groups in total. The van der Waals surface area contributed by atoms with E-state index in [2.05, 4.69) is 9.97 Å². The molecule has 1 rings (SSSR count). The van der Waals surface area contributed by atoms with E-state index in [0.717, 1.165) is 12.4 Å². The molecule has 0 saturated heterocycles. The van der Waals surface area contributed by atoms with Gasteiger partial charge in [0.2, 0.25) is 0 Å². The van der Waals surface area contributed by atoms with Crippen LogP contribution in [0.5, 0.6) is 0 Å². The molecule has 0 atom stereocenters. The minimum absolute atomic E-state index is 0.0149. The smallest absolute Gasteiger partial charge is 0.285 e. The number of hydrazine groups is 2. The highest BCUT2D eigenvalue weighted by molar-refractivity contribution is 5.93. The quantitative estimate of drug-likeness (QED) is 0.238. The molecule has 2 amide bonds. The summed E-state index contributed by atoms with van der Waals surface area (Å²) in [5, 5.41) is 0. The van der Waals surface area contributed by atoms with Crippen LogP contribution in [-0.4, -0.2) is 21.8 Å². The first-order valence-corrected chi connectivity index (χ1v) is 3.53. The number of amides is 2. The summed E-state index contributed by atoms with van der Waals surface area (Å²) in [4.78, 5) is 29.1. The lowest BCUT2D eigenvalue weighted by Gasteiger charge is -1.99. The van der Waals surface area contributed by atoms with Gasteiger partial charge in [0, 0.05) is 0 Å². The molecule has 1 heterocycles. The molecule has 74 valence electrons. The third kappa shape index (κ3) is 2.00. The maximum atomic E-state index is 10.9. The van der Waals surface area contributed by atoms with Gasteiger partial charge in [-0.05, 0) is 0 Å². The Labute approximate surface area is 78.6 Å². The minimum atomic E-state index is -0.586. The van der Waals surface area contributed by atoms with Gasteiger partial charge in [-0.2, -0.15) is 0 Å². The molecular weight excluding hydrogens is 188 g/mol. The van der Waals surface area contributed by atoms with Crippen molar-refractivity contribution in [2.75, 3.05) is 0 Å². The standard InChI is InChI=1S/C6H8N6O2/c7-11-5(13)3-1-9-4(2-10-3)6(14)12-8/h1-2H,7-8H2,(H,11,13)(H,12,14). The highest BCUT2D eigenvalue weighted by atomic mass is 16.2. The van der Waals surface area contributed by atoms with Crippen LogP contribution in [0.4, 0.5) is 0 Å². The predicted octanol–water partition coefficient (Wildman–Crippen LogP) is -2.32. The van der Waals surface area contributed by atoms with E-state index in [-0.39, 0.29) is 11.4 Å². The summed E-state index contributed by atoms with van der Waals surface area (Å²) >= 11 is 0. The normalized spacial score (nSPS) is 9.29. The molecule has 1 aromatic rings. The second kappa shape index (κ2) is 4.25. The average Bonchev–Trinajstić information content (AvgIpc) is 2.27. The second-order valence-corrected chi connectivity index (χ2v) is 2.23. The molecule has 8 heteroatoms. The van der Waals surface area contributed by atoms with Gasteiger partial charge in [-0.3, -0.25) is 20.4 Å². The Morgan fingerprint density at radius 3 is 1.57 bits per heavy atom. The van der Waals surface area contributed by atoms with Crippen molar-refractivity contribution in [2.24, 2.45) is 11.7 Å². The Hall–Kier alpha value is -2.06. The maximum absolute atomic E-state index is 10.9. The summed E-state index contributed by atoms with van der Waals surface area (Å²) in [6.45, 7) is 0. The van der Waals surface area contributed by atoms with E-state index in [0.29, 0.717) is 0 Å². The molecule has 0 unspecified atom stereocenters. The van der Waals surface area contributed by atoms with Crippen LogP contribution in [-0.2, 0) is 0 Å². The van der Waals surface area contributed by atoms with Gasteiger partial charge in [-0.25, -0.2) is 21.7 Å². The van der Waals surface area contributed by atoms with E-state index in [9.17, 15) is 9.59 Å². The van der Waals surface area contributed by atoms with Crippen LogP contribution in [0.1, 0.15) is 21.0 Å².